The number of benzene rings is 2. The molecule has 1 fully saturated rings. The highest BCUT2D eigenvalue weighted by Crippen LogP contribution is 2.19. The second-order valence-corrected chi connectivity index (χ2v) is 6.23. The Bertz CT molecular complexity index is 663. The molecule has 0 N–H and O–H groups in total. The second-order valence-electron chi connectivity index (χ2n) is 5.80. The normalized spacial score (nSPS) is 14.6. The van der Waals surface area contributed by atoms with Crippen molar-refractivity contribution in [2.45, 2.75) is 25.9 Å². The zero-order valence-corrected chi connectivity index (χ0v) is 13.8. The van der Waals surface area contributed by atoms with Crippen LogP contribution in [0, 0.1) is 0 Å². The van der Waals surface area contributed by atoms with E-state index in [-0.39, 0.29) is 5.91 Å². The molecule has 1 amide bonds. The molecule has 0 radical (unpaired) electrons. The number of likely N-dealkylation sites (tertiary alicyclic amines) is 1. The van der Waals surface area contributed by atoms with E-state index < -0.39 is 0 Å². The van der Waals surface area contributed by atoms with E-state index in [1.54, 1.807) is 0 Å². The van der Waals surface area contributed by atoms with Crippen LogP contribution in [0.1, 0.15) is 35.2 Å². The van der Waals surface area contributed by atoms with E-state index in [1.165, 1.54) is 6.42 Å². The molecular weight excluding hydrogens is 310 g/mol. The summed E-state index contributed by atoms with van der Waals surface area (Å²) in [5.41, 5.74) is 1.74. The fourth-order valence-electron chi connectivity index (χ4n) is 2.75. The minimum absolute atomic E-state index is 0.0987. The number of hydrogen-bond donors (Lipinski definition) is 0. The van der Waals surface area contributed by atoms with Gasteiger partial charge >= 0.3 is 0 Å². The van der Waals surface area contributed by atoms with E-state index in [0.717, 1.165) is 31.5 Å². The first-order chi connectivity index (χ1) is 11.2. The van der Waals surface area contributed by atoms with Crippen molar-refractivity contribution in [1.29, 1.82) is 0 Å². The zero-order chi connectivity index (χ0) is 16.1. The average molecular weight is 330 g/mol. The molecule has 120 valence electrons. The molecule has 1 saturated heterocycles. The van der Waals surface area contributed by atoms with Gasteiger partial charge in [0, 0.05) is 23.7 Å². The van der Waals surface area contributed by atoms with Gasteiger partial charge in [-0.05, 0) is 55.2 Å². The number of ether oxygens (including phenoxy) is 1. The van der Waals surface area contributed by atoms with E-state index in [9.17, 15) is 4.79 Å². The van der Waals surface area contributed by atoms with Gasteiger partial charge in [0.1, 0.15) is 12.4 Å². The van der Waals surface area contributed by atoms with Gasteiger partial charge in [-0.1, -0.05) is 29.8 Å². The van der Waals surface area contributed by atoms with Gasteiger partial charge in [-0.3, -0.25) is 4.79 Å². The van der Waals surface area contributed by atoms with Crippen LogP contribution in [0.15, 0.2) is 48.5 Å². The topological polar surface area (TPSA) is 29.5 Å². The smallest absolute Gasteiger partial charge is 0.253 e. The van der Waals surface area contributed by atoms with Crippen molar-refractivity contribution >= 4 is 17.5 Å². The third kappa shape index (κ3) is 4.26. The first-order valence-electron chi connectivity index (χ1n) is 7.99. The predicted molar refractivity (Wildman–Crippen MR) is 92.0 cm³/mol. The lowest BCUT2D eigenvalue weighted by atomic mass is 10.1. The van der Waals surface area contributed by atoms with Crippen LogP contribution in [0.4, 0.5) is 0 Å². The van der Waals surface area contributed by atoms with Crippen LogP contribution in [0.25, 0.3) is 0 Å². The number of halogens is 1. The Balaban J connectivity index is 1.64. The number of piperidine rings is 1. The molecule has 2 aromatic rings. The second kappa shape index (κ2) is 7.51. The van der Waals surface area contributed by atoms with Gasteiger partial charge < -0.3 is 9.64 Å². The Kier molecular flexibility index (Phi) is 5.19. The van der Waals surface area contributed by atoms with Crippen LogP contribution >= 0.6 is 11.6 Å². The van der Waals surface area contributed by atoms with Gasteiger partial charge in [0.05, 0.1) is 0 Å². The first kappa shape index (κ1) is 15.9. The van der Waals surface area contributed by atoms with Crippen molar-refractivity contribution in [2.24, 2.45) is 0 Å². The number of nitrogens with zero attached hydrogens (tertiary/aromatic N) is 1. The summed E-state index contributed by atoms with van der Waals surface area (Å²) >= 11 is 5.88. The number of amides is 1. The van der Waals surface area contributed by atoms with Gasteiger partial charge in [0.2, 0.25) is 0 Å². The van der Waals surface area contributed by atoms with Crippen molar-refractivity contribution in [2.75, 3.05) is 13.1 Å². The molecule has 1 heterocycles. The molecule has 0 spiro atoms. The number of rotatable bonds is 4. The fourth-order valence-corrected chi connectivity index (χ4v) is 2.87. The predicted octanol–water partition coefficient (Wildman–Crippen LogP) is 4.55. The molecule has 3 nitrogen and oxygen atoms in total. The summed E-state index contributed by atoms with van der Waals surface area (Å²) in [5.74, 6) is 0.810. The first-order valence-corrected chi connectivity index (χ1v) is 8.37. The molecule has 23 heavy (non-hydrogen) atoms. The van der Waals surface area contributed by atoms with Crippen molar-refractivity contribution in [3.05, 3.63) is 64.7 Å². The van der Waals surface area contributed by atoms with Gasteiger partial charge in [-0.2, -0.15) is 0 Å². The van der Waals surface area contributed by atoms with Crippen LogP contribution < -0.4 is 4.74 Å². The summed E-state index contributed by atoms with van der Waals surface area (Å²) in [7, 11) is 0. The standard InChI is InChI=1S/C19H20ClNO2/c20-17-9-7-15(8-10-17)14-23-18-6-4-5-16(13-18)19(22)21-11-2-1-3-12-21/h4-10,13H,1-3,11-12,14H2. The molecule has 3 rings (SSSR count). The van der Waals surface area contributed by atoms with E-state index in [2.05, 4.69) is 0 Å². The fraction of sp³-hybridized carbons (Fsp3) is 0.316. The Morgan fingerprint density at radius 1 is 1.04 bits per heavy atom. The zero-order valence-electron chi connectivity index (χ0n) is 13.0. The number of hydrogen-bond acceptors (Lipinski definition) is 2. The minimum Gasteiger partial charge on any atom is -0.489 e. The minimum atomic E-state index is 0.0987. The molecule has 2 aromatic carbocycles. The Labute approximate surface area is 141 Å². The molecule has 0 atom stereocenters. The highest BCUT2D eigenvalue weighted by molar-refractivity contribution is 6.30. The number of carbonyl (C=O) groups is 1. The molecule has 1 aliphatic heterocycles. The third-order valence-electron chi connectivity index (χ3n) is 4.04. The summed E-state index contributed by atoms with van der Waals surface area (Å²) in [6.45, 7) is 2.17. The van der Waals surface area contributed by atoms with E-state index in [1.807, 2.05) is 53.4 Å². The Morgan fingerprint density at radius 2 is 1.78 bits per heavy atom. The molecular formula is C19H20ClNO2. The number of carbonyl (C=O) groups excluding carboxylic acids is 1. The molecule has 0 unspecified atom stereocenters. The van der Waals surface area contributed by atoms with Gasteiger partial charge in [-0.25, -0.2) is 0 Å². The van der Waals surface area contributed by atoms with Gasteiger partial charge in [0.15, 0.2) is 0 Å². The van der Waals surface area contributed by atoms with Crippen molar-refractivity contribution in [3.8, 4) is 5.75 Å². The summed E-state index contributed by atoms with van der Waals surface area (Å²) < 4.78 is 5.80. The summed E-state index contributed by atoms with van der Waals surface area (Å²) in [6.07, 6.45) is 3.41. The van der Waals surface area contributed by atoms with Gasteiger partial charge in [-0.15, -0.1) is 0 Å². The maximum Gasteiger partial charge on any atom is 0.253 e. The van der Waals surface area contributed by atoms with E-state index in [4.69, 9.17) is 16.3 Å². The van der Waals surface area contributed by atoms with Gasteiger partial charge in [0.25, 0.3) is 5.91 Å². The Hall–Kier alpha value is -2.00. The SMILES string of the molecule is O=C(c1cccc(OCc2ccc(Cl)cc2)c1)N1CCCCC1. The van der Waals surface area contributed by atoms with Crippen LogP contribution in [-0.2, 0) is 6.61 Å². The molecule has 0 aromatic heterocycles. The highest BCUT2D eigenvalue weighted by atomic mass is 35.5. The van der Waals surface area contributed by atoms with Crippen molar-refractivity contribution in [3.63, 3.8) is 0 Å². The quantitative estimate of drug-likeness (QED) is 0.823. The maximum atomic E-state index is 12.5. The van der Waals surface area contributed by atoms with Crippen LogP contribution in [-0.4, -0.2) is 23.9 Å². The molecule has 0 saturated carbocycles. The van der Waals surface area contributed by atoms with Crippen molar-refractivity contribution in [1.82, 2.24) is 4.90 Å². The lowest BCUT2D eigenvalue weighted by Crippen LogP contribution is -2.35. The lowest BCUT2D eigenvalue weighted by molar-refractivity contribution is 0.0724. The van der Waals surface area contributed by atoms with Crippen molar-refractivity contribution < 1.29 is 9.53 Å². The maximum absolute atomic E-state index is 12.5. The lowest BCUT2D eigenvalue weighted by Gasteiger charge is -2.26. The Morgan fingerprint density at radius 3 is 2.52 bits per heavy atom. The van der Waals surface area contributed by atoms with Crippen LogP contribution in [0.3, 0.4) is 0 Å². The highest BCUT2D eigenvalue weighted by Gasteiger charge is 2.18. The van der Waals surface area contributed by atoms with Crippen LogP contribution in [0.5, 0.6) is 5.75 Å². The summed E-state index contributed by atoms with van der Waals surface area (Å²) in [4.78, 5) is 14.5. The van der Waals surface area contributed by atoms with E-state index in [0.29, 0.717) is 22.9 Å². The monoisotopic (exact) mass is 329 g/mol. The molecule has 0 aliphatic carbocycles. The summed E-state index contributed by atoms with van der Waals surface area (Å²) in [6, 6.07) is 15.0. The molecule has 1 aliphatic rings. The third-order valence-corrected chi connectivity index (χ3v) is 4.29. The van der Waals surface area contributed by atoms with Crippen LogP contribution in [0.2, 0.25) is 5.02 Å². The largest absolute Gasteiger partial charge is 0.489 e. The average Bonchev–Trinajstić information content (AvgIpc) is 2.61. The summed E-state index contributed by atoms with van der Waals surface area (Å²) in [5, 5.41) is 0.711. The molecule has 4 heteroatoms. The molecule has 0 bridgehead atoms. The van der Waals surface area contributed by atoms with E-state index >= 15 is 0 Å².